The molecule has 0 fully saturated rings. The molecule has 6 heteroatoms. The highest BCUT2D eigenvalue weighted by atomic mass is 32.1. The van der Waals surface area contributed by atoms with E-state index < -0.39 is 11.8 Å². The van der Waals surface area contributed by atoms with Crippen molar-refractivity contribution in [3.63, 3.8) is 0 Å². The highest BCUT2D eigenvalue weighted by molar-refractivity contribution is 7.17. The molecule has 136 valence electrons. The van der Waals surface area contributed by atoms with Crippen LogP contribution in [0, 0.1) is 22.7 Å². The summed E-state index contributed by atoms with van der Waals surface area (Å²) in [5.41, 5.74) is 1.64. The second-order valence-electron chi connectivity index (χ2n) is 5.86. The van der Waals surface area contributed by atoms with Gasteiger partial charge in [-0.15, -0.1) is 22.7 Å². The Morgan fingerprint density at radius 1 is 0.714 bits per heavy atom. The third kappa shape index (κ3) is 3.84. The molecule has 4 aromatic rings. The lowest BCUT2D eigenvalue weighted by molar-refractivity contribution is -0.108. The molecule has 4 nitrogen and oxygen atoms in total. The summed E-state index contributed by atoms with van der Waals surface area (Å²) in [7, 11) is 0. The minimum absolute atomic E-state index is 0.633. The number of carbonyl (C=O) groups is 2. The van der Waals surface area contributed by atoms with E-state index in [1.165, 1.54) is 0 Å². The van der Waals surface area contributed by atoms with Crippen molar-refractivity contribution in [2.45, 2.75) is 11.8 Å². The van der Waals surface area contributed by atoms with Crippen LogP contribution in [-0.2, 0) is 9.59 Å². The van der Waals surface area contributed by atoms with Gasteiger partial charge in [0, 0.05) is 9.40 Å². The number of nitriles is 2. The van der Waals surface area contributed by atoms with Crippen molar-refractivity contribution in [3.05, 3.63) is 70.4 Å². The van der Waals surface area contributed by atoms with Gasteiger partial charge in [0.1, 0.15) is 24.4 Å². The molecule has 2 heterocycles. The van der Waals surface area contributed by atoms with Gasteiger partial charge in [-0.1, -0.05) is 36.4 Å². The van der Waals surface area contributed by atoms with Crippen molar-refractivity contribution >= 4 is 55.4 Å². The van der Waals surface area contributed by atoms with Crippen LogP contribution in [0.1, 0.15) is 23.0 Å². The fourth-order valence-corrected chi connectivity index (χ4v) is 4.82. The molecule has 0 bridgehead atoms. The molecule has 0 radical (unpaired) electrons. The SMILES string of the molecule is N#CC(C=O)c1csc2ccccc12.N#CC(C=O)c1csc2ccccc12. The third-order valence-corrected chi connectivity index (χ3v) is 6.21. The second kappa shape index (κ2) is 9.05. The highest BCUT2D eigenvalue weighted by Crippen LogP contribution is 2.31. The van der Waals surface area contributed by atoms with Gasteiger partial charge in [-0.3, -0.25) is 0 Å². The lowest BCUT2D eigenvalue weighted by Crippen LogP contribution is -1.94. The molecule has 0 saturated carbocycles. The molecule has 4 rings (SSSR count). The summed E-state index contributed by atoms with van der Waals surface area (Å²) in [5, 5.41) is 23.3. The number of nitrogens with zero attached hydrogens (tertiary/aromatic N) is 2. The van der Waals surface area contributed by atoms with Gasteiger partial charge in [0.2, 0.25) is 0 Å². The van der Waals surface area contributed by atoms with E-state index in [1.807, 2.05) is 71.4 Å². The van der Waals surface area contributed by atoms with Crippen LogP contribution in [0.3, 0.4) is 0 Å². The Bertz CT molecular complexity index is 1110. The van der Waals surface area contributed by atoms with Crippen molar-refractivity contribution in [3.8, 4) is 12.1 Å². The Morgan fingerprint density at radius 3 is 1.46 bits per heavy atom. The summed E-state index contributed by atoms with van der Waals surface area (Å²) < 4.78 is 2.23. The van der Waals surface area contributed by atoms with Gasteiger partial charge in [-0.2, -0.15) is 10.5 Å². The van der Waals surface area contributed by atoms with E-state index >= 15 is 0 Å². The Morgan fingerprint density at radius 2 is 1.11 bits per heavy atom. The van der Waals surface area contributed by atoms with Crippen LogP contribution in [0.5, 0.6) is 0 Å². The van der Waals surface area contributed by atoms with Crippen LogP contribution < -0.4 is 0 Å². The first-order valence-corrected chi connectivity index (χ1v) is 10.1. The van der Waals surface area contributed by atoms with Gasteiger partial charge >= 0.3 is 0 Å². The van der Waals surface area contributed by atoms with E-state index in [2.05, 4.69) is 0 Å². The Labute approximate surface area is 169 Å². The smallest absolute Gasteiger partial charge is 0.141 e. The molecule has 0 aliphatic heterocycles. The lowest BCUT2D eigenvalue weighted by atomic mass is 10.0. The molecule has 2 unspecified atom stereocenters. The summed E-state index contributed by atoms with van der Waals surface area (Å²) in [5.74, 6) is -1.27. The predicted octanol–water partition coefficient (Wildman–Crippen LogP) is 5.41. The number of hydrogen-bond donors (Lipinski definition) is 0. The van der Waals surface area contributed by atoms with Crippen LogP contribution in [0.4, 0.5) is 0 Å². The number of rotatable bonds is 4. The standard InChI is InChI=1S/2C11H7NOS/c2*12-5-8(6-13)10-7-14-11-4-2-1-3-9(10)11/h2*1-4,6-8H. The topological polar surface area (TPSA) is 81.7 Å². The van der Waals surface area contributed by atoms with E-state index in [9.17, 15) is 9.59 Å². The zero-order valence-corrected chi connectivity index (χ0v) is 16.2. The number of thiophene rings is 2. The Hall–Kier alpha value is -3.32. The van der Waals surface area contributed by atoms with Crippen molar-refractivity contribution in [1.29, 1.82) is 10.5 Å². The second-order valence-corrected chi connectivity index (χ2v) is 7.68. The van der Waals surface area contributed by atoms with Gasteiger partial charge < -0.3 is 9.59 Å². The van der Waals surface area contributed by atoms with Crippen molar-refractivity contribution in [2.24, 2.45) is 0 Å². The highest BCUT2D eigenvalue weighted by Gasteiger charge is 2.14. The molecule has 28 heavy (non-hydrogen) atoms. The summed E-state index contributed by atoms with van der Waals surface area (Å²) in [6.45, 7) is 0. The largest absolute Gasteiger partial charge is 0.302 e. The number of carbonyl (C=O) groups excluding carboxylic acids is 2. The maximum Gasteiger partial charge on any atom is 0.141 e. The predicted molar refractivity (Wildman–Crippen MR) is 112 cm³/mol. The fourth-order valence-electron chi connectivity index (χ4n) is 2.82. The first-order valence-electron chi connectivity index (χ1n) is 8.35. The molecule has 2 aromatic carbocycles. The zero-order chi connectivity index (χ0) is 19.9. The first-order chi connectivity index (χ1) is 13.7. The van der Waals surface area contributed by atoms with Crippen LogP contribution >= 0.6 is 22.7 Å². The number of hydrogen-bond acceptors (Lipinski definition) is 6. The summed E-state index contributed by atoms with van der Waals surface area (Å²) in [4.78, 5) is 21.3. The monoisotopic (exact) mass is 402 g/mol. The van der Waals surface area contributed by atoms with Gasteiger partial charge in [-0.25, -0.2) is 0 Å². The summed E-state index contributed by atoms with van der Waals surface area (Å²) in [6.07, 6.45) is 1.38. The molecule has 0 aliphatic carbocycles. The lowest BCUT2D eigenvalue weighted by Gasteiger charge is -1.97. The number of benzene rings is 2. The number of fused-ring (bicyclic) bond motifs is 2. The average Bonchev–Trinajstić information content (AvgIpc) is 3.36. The van der Waals surface area contributed by atoms with Gasteiger partial charge in [0.15, 0.2) is 0 Å². The Balaban J connectivity index is 0.000000161. The van der Waals surface area contributed by atoms with E-state index in [0.717, 1.165) is 31.3 Å². The van der Waals surface area contributed by atoms with Crippen LogP contribution in [-0.4, -0.2) is 12.6 Å². The third-order valence-electron chi connectivity index (χ3n) is 4.24. The van der Waals surface area contributed by atoms with Crippen LogP contribution in [0.25, 0.3) is 20.2 Å². The minimum Gasteiger partial charge on any atom is -0.302 e. The average molecular weight is 403 g/mol. The Kier molecular flexibility index (Phi) is 6.29. The summed E-state index contributed by atoms with van der Waals surface area (Å²) >= 11 is 3.13. The van der Waals surface area contributed by atoms with Gasteiger partial charge in [-0.05, 0) is 44.8 Å². The normalized spacial score (nSPS) is 12.2. The molecular weight excluding hydrogens is 388 g/mol. The van der Waals surface area contributed by atoms with Crippen LogP contribution in [0.15, 0.2) is 59.3 Å². The quantitative estimate of drug-likeness (QED) is 0.427. The molecule has 2 aromatic heterocycles. The van der Waals surface area contributed by atoms with Crippen molar-refractivity contribution in [1.82, 2.24) is 0 Å². The number of aldehydes is 2. The van der Waals surface area contributed by atoms with Crippen molar-refractivity contribution < 1.29 is 9.59 Å². The fraction of sp³-hybridized carbons (Fsp3) is 0.0909. The minimum atomic E-state index is -0.633. The molecule has 0 amide bonds. The van der Waals surface area contributed by atoms with E-state index in [4.69, 9.17) is 10.5 Å². The first kappa shape index (κ1) is 19.4. The van der Waals surface area contributed by atoms with E-state index in [-0.39, 0.29) is 0 Å². The summed E-state index contributed by atoms with van der Waals surface area (Å²) in [6, 6.07) is 19.6. The van der Waals surface area contributed by atoms with Gasteiger partial charge in [0.25, 0.3) is 0 Å². The maximum absolute atomic E-state index is 10.7. The molecular formula is C22H14N2O2S2. The molecule has 0 saturated heterocycles. The maximum atomic E-state index is 10.7. The molecule has 0 aliphatic rings. The van der Waals surface area contributed by atoms with E-state index in [1.54, 1.807) is 22.7 Å². The zero-order valence-electron chi connectivity index (χ0n) is 14.6. The van der Waals surface area contributed by atoms with E-state index in [0.29, 0.717) is 12.6 Å². The van der Waals surface area contributed by atoms with Crippen LogP contribution in [0.2, 0.25) is 0 Å². The van der Waals surface area contributed by atoms with Crippen molar-refractivity contribution in [2.75, 3.05) is 0 Å². The van der Waals surface area contributed by atoms with Gasteiger partial charge in [0.05, 0.1) is 12.1 Å². The molecule has 0 spiro atoms. The molecule has 2 atom stereocenters. The molecule has 0 N–H and O–H groups in total.